The van der Waals surface area contributed by atoms with Crippen LogP contribution in [0.25, 0.3) is 11.3 Å². The van der Waals surface area contributed by atoms with Gasteiger partial charge >= 0.3 is 0 Å². The van der Waals surface area contributed by atoms with E-state index in [1.165, 1.54) is 5.57 Å². The highest BCUT2D eigenvalue weighted by Gasteiger charge is 2.11. The van der Waals surface area contributed by atoms with Crippen molar-refractivity contribution >= 4 is 40.3 Å². The van der Waals surface area contributed by atoms with Crippen molar-refractivity contribution < 1.29 is 9.00 Å². The molecule has 8 heteroatoms. The summed E-state index contributed by atoms with van der Waals surface area (Å²) in [4.78, 5) is 22.0. The van der Waals surface area contributed by atoms with Crippen LogP contribution in [-0.2, 0) is 10.8 Å². The first-order valence-electron chi connectivity index (χ1n) is 11.3. The van der Waals surface area contributed by atoms with E-state index in [0.29, 0.717) is 33.5 Å². The number of allylic oxidation sites excluding steroid dienone is 2. The maximum atomic E-state index is 12.7. The fourth-order valence-electron chi connectivity index (χ4n) is 3.13. The number of amides is 1. The van der Waals surface area contributed by atoms with Gasteiger partial charge in [0.1, 0.15) is 0 Å². The Morgan fingerprint density at radius 3 is 2.57 bits per heavy atom. The van der Waals surface area contributed by atoms with Gasteiger partial charge in [0.05, 0.1) is 34.4 Å². The number of nitrogens with zero attached hydrogens (tertiary/aromatic N) is 2. The highest BCUT2D eigenvalue weighted by atomic mass is 35.5. The van der Waals surface area contributed by atoms with Crippen molar-refractivity contribution in [3.63, 3.8) is 0 Å². The number of carbonyl (C=O) groups is 1. The third kappa shape index (κ3) is 7.60. The van der Waals surface area contributed by atoms with E-state index in [-0.39, 0.29) is 5.91 Å². The molecule has 2 N–H and O–H groups in total. The Morgan fingerprint density at radius 2 is 1.89 bits per heavy atom. The lowest BCUT2D eigenvalue weighted by Gasteiger charge is -2.09. The van der Waals surface area contributed by atoms with Gasteiger partial charge in [-0.25, -0.2) is 0 Å². The summed E-state index contributed by atoms with van der Waals surface area (Å²) in [5.74, 6) is 0.137. The first-order valence-corrected chi connectivity index (χ1v) is 13.0. The van der Waals surface area contributed by atoms with Crippen molar-refractivity contribution in [1.29, 1.82) is 0 Å². The molecule has 3 rings (SSSR count). The van der Waals surface area contributed by atoms with Crippen LogP contribution in [0, 0.1) is 0 Å². The van der Waals surface area contributed by atoms with Crippen LogP contribution in [0.2, 0.25) is 5.02 Å². The maximum Gasteiger partial charge on any atom is 0.255 e. The summed E-state index contributed by atoms with van der Waals surface area (Å²) in [5.41, 5.74) is 4.89. The highest BCUT2D eigenvalue weighted by molar-refractivity contribution is 7.85. The zero-order valence-corrected chi connectivity index (χ0v) is 21.6. The third-order valence-corrected chi connectivity index (χ3v) is 7.17. The second kappa shape index (κ2) is 13.0. The lowest BCUT2D eigenvalue weighted by atomic mass is 10.1. The summed E-state index contributed by atoms with van der Waals surface area (Å²) in [5, 5.41) is 6.57. The second-order valence-corrected chi connectivity index (χ2v) is 9.85. The third-order valence-electron chi connectivity index (χ3n) is 5.49. The van der Waals surface area contributed by atoms with Gasteiger partial charge < -0.3 is 10.6 Å². The van der Waals surface area contributed by atoms with Crippen LogP contribution in [0.3, 0.4) is 0 Å². The van der Waals surface area contributed by atoms with Crippen LogP contribution in [0.15, 0.2) is 88.0 Å². The minimum atomic E-state index is -1.20. The van der Waals surface area contributed by atoms with Crippen molar-refractivity contribution in [2.75, 3.05) is 17.6 Å². The van der Waals surface area contributed by atoms with E-state index < -0.39 is 10.8 Å². The minimum Gasteiger partial charge on any atom is -0.351 e. The number of aromatic nitrogens is 1. The first kappa shape index (κ1) is 26.3. The van der Waals surface area contributed by atoms with Gasteiger partial charge in [-0.2, -0.15) is 0 Å². The Morgan fingerprint density at radius 1 is 1.11 bits per heavy atom. The van der Waals surface area contributed by atoms with Crippen molar-refractivity contribution in [3.8, 4) is 11.3 Å². The summed E-state index contributed by atoms with van der Waals surface area (Å²) >= 11 is 6.32. The monoisotopic (exact) mass is 508 g/mol. The number of rotatable bonds is 10. The van der Waals surface area contributed by atoms with Gasteiger partial charge in [-0.3, -0.25) is 19.0 Å². The molecule has 35 heavy (non-hydrogen) atoms. The molecule has 0 spiro atoms. The zero-order valence-electron chi connectivity index (χ0n) is 20.0. The molecule has 0 radical (unpaired) electrons. The molecular formula is C27H29ClN4O2S. The molecule has 0 aliphatic heterocycles. The average Bonchev–Trinajstić information content (AvgIpc) is 2.89. The van der Waals surface area contributed by atoms with Crippen molar-refractivity contribution in [2.24, 2.45) is 4.99 Å². The van der Waals surface area contributed by atoms with E-state index >= 15 is 0 Å². The van der Waals surface area contributed by atoms with Crippen LogP contribution in [0.5, 0.6) is 0 Å². The number of hydrogen-bond acceptors (Lipinski definition) is 4. The smallest absolute Gasteiger partial charge is 0.255 e. The van der Waals surface area contributed by atoms with E-state index in [1.807, 2.05) is 25.1 Å². The van der Waals surface area contributed by atoms with Gasteiger partial charge in [0.2, 0.25) is 0 Å². The van der Waals surface area contributed by atoms with Crippen LogP contribution in [-0.4, -0.2) is 33.7 Å². The summed E-state index contributed by atoms with van der Waals surface area (Å²) < 4.78 is 12.6. The van der Waals surface area contributed by atoms with E-state index in [0.717, 1.165) is 23.4 Å². The summed E-state index contributed by atoms with van der Waals surface area (Å²) in [6.45, 7) is 6.62. The lowest BCUT2D eigenvalue weighted by Crippen LogP contribution is -2.12. The van der Waals surface area contributed by atoms with Crippen molar-refractivity contribution in [3.05, 3.63) is 88.7 Å². The topological polar surface area (TPSA) is 83.5 Å². The standard InChI is InChI=1S/C27H29ClN4O2S/c1-4-19(2)20(3)31-18-29-15-16-35(34)23-11-8-21(9-12-23)27(33)32-22-10-13-25(28)24(17-22)26-7-5-6-14-30-26/h5-14,17-18H,4,15-16H2,1-3H3,(H,29,31)(H,32,33)/b20-19+. The van der Waals surface area contributed by atoms with Gasteiger partial charge in [-0.05, 0) is 74.9 Å². The largest absolute Gasteiger partial charge is 0.351 e. The Balaban J connectivity index is 1.57. The highest BCUT2D eigenvalue weighted by Crippen LogP contribution is 2.29. The number of aliphatic imine (C=N–C) groups is 1. The Hall–Kier alpha value is -3.29. The fraction of sp³-hybridized carbons (Fsp3) is 0.222. The number of pyridine rings is 1. The zero-order chi connectivity index (χ0) is 25.2. The number of carbonyl (C=O) groups excluding carboxylic acids is 1. The fourth-order valence-corrected chi connectivity index (χ4v) is 4.29. The summed E-state index contributed by atoms with van der Waals surface area (Å²) in [7, 11) is -1.20. The average molecular weight is 509 g/mol. The van der Waals surface area contributed by atoms with Crippen LogP contribution in [0.4, 0.5) is 5.69 Å². The summed E-state index contributed by atoms with van der Waals surface area (Å²) in [6.07, 6.45) is 4.32. The minimum absolute atomic E-state index is 0.266. The van der Waals surface area contributed by atoms with Crippen LogP contribution in [0.1, 0.15) is 37.6 Å². The Bertz CT molecular complexity index is 1240. The quantitative estimate of drug-likeness (QED) is 0.256. The predicted molar refractivity (Wildman–Crippen MR) is 146 cm³/mol. The van der Waals surface area contributed by atoms with Crippen molar-refractivity contribution in [2.45, 2.75) is 32.1 Å². The van der Waals surface area contributed by atoms with E-state index in [2.05, 4.69) is 34.5 Å². The van der Waals surface area contributed by atoms with Crippen LogP contribution < -0.4 is 10.6 Å². The molecule has 0 aliphatic carbocycles. The lowest BCUT2D eigenvalue weighted by molar-refractivity contribution is 0.102. The molecule has 0 fully saturated rings. The van der Waals surface area contributed by atoms with E-state index in [1.54, 1.807) is 55.0 Å². The van der Waals surface area contributed by atoms with Gasteiger partial charge in [0.25, 0.3) is 5.91 Å². The van der Waals surface area contributed by atoms with Gasteiger partial charge in [0, 0.05) is 39.4 Å². The Kier molecular flexibility index (Phi) is 9.76. The van der Waals surface area contributed by atoms with Crippen molar-refractivity contribution in [1.82, 2.24) is 10.3 Å². The molecule has 2 aromatic carbocycles. The molecule has 0 aliphatic rings. The number of benzene rings is 2. The molecule has 1 atom stereocenters. The summed E-state index contributed by atoms with van der Waals surface area (Å²) in [6, 6.07) is 17.6. The normalized spacial score (nSPS) is 12.8. The van der Waals surface area contributed by atoms with E-state index in [4.69, 9.17) is 11.6 Å². The SMILES string of the molecule is CC/C(C)=C(\C)NC=NCCS(=O)c1ccc(C(=O)Nc2ccc(Cl)c(-c3ccccn3)c2)cc1. The van der Waals surface area contributed by atoms with Gasteiger partial charge in [-0.15, -0.1) is 0 Å². The van der Waals surface area contributed by atoms with Crippen LogP contribution >= 0.6 is 11.6 Å². The molecular weight excluding hydrogens is 480 g/mol. The molecule has 6 nitrogen and oxygen atoms in total. The Labute approximate surface area is 214 Å². The number of halogens is 1. The molecule has 1 amide bonds. The molecule has 3 aromatic rings. The molecule has 1 heterocycles. The number of anilines is 1. The molecule has 1 unspecified atom stereocenters. The van der Waals surface area contributed by atoms with E-state index in [9.17, 15) is 9.00 Å². The molecule has 1 aromatic heterocycles. The molecule has 182 valence electrons. The van der Waals surface area contributed by atoms with Gasteiger partial charge in [0.15, 0.2) is 0 Å². The number of hydrogen-bond donors (Lipinski definition) is 2. The molecule has 0 saturated heterocycles. The number of nitrogens with one attached hydrogen (secondary N) is 2. The maximum absolute atomic E-state index is 12.7. The molecule has 0 saturated carbocycles. The first-order chi connectivity index (χ1) is 16.9. The van der Waals surface area contributed by atoms with Gasteiger partial charge in [-0.1, -0.05) is 30.2 Å². The molecule has 0 bridgehead atoms. The predicted octanol–water partition coefficient (Wildman–Crippen LogP) is 6.08. The second-order valence-electron chi connectivity index (χ2n) is 7.88.